The number of aryl methyl sites for hydroxylation is 1. The largest absolute Gasteiger partial charge is 0.399 e. The highest BCUT2D eigenvalue weighted by Gasteiger charge is 2.16. The van der Waals surface area contributed by atoms with E-state index >= 15 is 0 Å². The zero-order valence-electron chi connectivity index (χ0n) is 10.4. The molecule has 0 radical (unpaired) electrons. The summed E-state index contributed by atoms with van der Waals surface area (Å²) >= 11 is 3.92. The van der Waals surface area contributed by atoms with E-state index < -0.39 is 0 Å². The molecule has 1 heterocycles. The van der Waals surface area contributed by atoms with E-state index in [1.165, 1.54) is 11.5 Å². The molecule has 0 saturated carbocycles. The second kappa shape index (κ2) is 6.38. The summed E-state index contributed by atoms with van der Waals surface area (Å²) in [5.74, 6) is 3.55. The molecular formula is C13H18N2OS2. The number of carbonyl (C=O) groups excluding carboxylic acids is 1. The summed E-state index contributed by atoms with van der Waals surface area (Å²) in [5.41, 5.74) is 8.03. The average molecular weight is 282 g/mol. The number of nitrogens with one attached hydrogen (secondary N) is 1. The van der Waals surface area contributed by atoms with Crippen LogP contribution in [0, 0.1) is 6.92 Å². The van der Waals surface area contributed by atoms with E-state index in [0.29, 0.717) is 10.9 Å². The van der Waals surface area contributed by atoms with Gasteiger partial charge in [0.25, 0.3) is 5.91 Å². The second-order valence-electron chi connectivity index (χ2n) is 4.35. The highest BCUT2D eigenvalue weighted by molar-refractivity contribution is 8.06. The van der Waals surface area contributed by atoms with E-state index in [-0.39, 0.29) is 5.91 Å². The number of carbonyl (C=O) groups is 1. The standard InChI is InChI=1S/C13H18N2OS2/c1-9-6-10(14)2-3-12(9)13(16)15-7-11-8-17-4-5-18-11/h2-3,6,11H,4-5,7-8,14H2,1H3,(H,15,16). The molecule has 2 rings (SSSR count). The minimum Gasteiger partial charge on any atom is -0.399 e. The summed E-state index contributed by atoms with van der Waals surface area (Å²) in [6.45, 7) is 2.66. The van der Waals surface area contributed by atoms with Crippen LogP contribution in [-0.4, -0.2) is 35.0 Å². The van der Waals surface area contributed by atoms with Crippen LogP contribution >= 0.6 is 23.5 Å². The van der Waals surface area contributed by atoms with Gasteiger partial charge < -0.3 is 11.1 Å². The quantitative estimate of drug-likeness (QED) is 0.834. The van der Waals surface area contributed by atoms with Crippen molar-refractivity contribution in [2.45, 2.75) is 12.2 Å². The maximum atomic E-state index is 12.1. The van der Waals surface area contributed by atoms with Gasteiger partial charge in [-0.1, -0.05) is 0 Å². The number of hydrogen-bond acceptors (Lipinski definition) is 4. The van der Waals surface area contributed by atoms with Gasteiger partial charge in [0, 0.05) is 40.3 Å². The van der Waals surface area contributed by atoms with Crippen LogP contribution in [0.4, 0.5) is 5.69 Å². The van der Waals surface area contributed by atoms with Crippen LogP contribution in [-0.2, 0) is 0 Å². The van der Waals surface area contributed by atoms with Gasteiger partial charge in [-0.3, -0.25) is 4.79 Å². The third-order valence-corrected chi connectivity index (χ3v) is 5.72. The van der Waals surface area contributed by atoms with Crippen molar-refractivity contribution < 1.29 is 4.79 Å². The lowest BCUT2D eigenvalue weighted by atomic mass is 10.1. The van der Waals surface area contributed by atoms with Crippen molar-refractivity contribution in [2.75, 3.05) is 29.5 Å². The maximum Gasteiger partial charge on any atom is 0.251 e. The summed E-state index contributed by atoms with van der Waals surface area (Å²) in [7, 11) is 0. The molecule has 3 N–H and O–H groups in total. The number of nitrogens with two attached hydrogens (primary N) is 1. The molecule has 1 fully saturated rings. The number of rotatable bonds is 3. The van der Waals surface area contributed by atoms with Crippen molar-refractivity contribution in [3.05, 3.63) is 29.3 Å². The van der Waals surface area contributed by atoms with Crippen LogP contribution in [0.5, 0.6) is 0 Å². The van der Waals surface area contributed by atoms with Gasteiger partial charge in [-0.15, -0.1) is 0 Å². The molecule has 0 bridgehead atoms. The van der Waals surface area contributed by atoms with Gasteiger partial charge in [0.2, 0.25) is 0 Å². The number of amides is 1. The molecule has 18 heavy (non-hydrogen) atoms. The van der Waals surface area contributed by atoms with Gasteiger partial charge >= 0.3 is 0 Å². The molecule has 1 saturated heterocycles. The van der Waals surface area contributed by atoms with Crippen LogP contribution in [0.15, 0.2) is 18.2 Å². The minimum absolute atomic E-state index is 0.00340. The van der Waals surface area contributed by atoms with Crippen molar-refractivity contribution in [1.29, 1.82) is 0 Å². The summed E-state index contributed by atoms with van der Waals surface area (Å²) in [4.78, 5) is 12.1. The molecule has 1 atom stereocenters. The molecule has 0 aliphatic carbocycles. The smallest absolute Gasteiger partial charge is 0.251 e. The Balaban J connectivity index is 1.90. The van der Waals surface area contributed by atoms with E-state index in [9.17, 15) is 4.79 Å². The monoisotopic (exact) mass is 282 g/mol. The van der Waals surface area contributed by atoms with Crippen LogP contribution in [0.25, 0.3) is 0 Å². The lowest BCUT2D eigenvalue weighted by Gasteiger charge is -2.21. The highest BCUT2D eigenvalue weighted by atomic mass is 32.2. The molecular weight excluding hydrogens is 264 g/mol. The van der Waals surface area contributed by atoms with Crippen molar-refractivity contribution in [3.8, 4) is 0 Å². The Morgan fingerprint density at radius 2 is 2.33 bits per heavy atom. The van der Waals surface area contributed by atoms with Gasteiger partial charge in [0.15, 0.2) is 0 Å². The van der Waals surface area contributed by atoms with E-state index in [1.54, 1.807) is 12.1 Å². The maximum absolute atomic E-state index is 12.1. The molecule has 1 aliphatic rings. The van der Waals surface area contributed by atoms with Crippen molar-refractivity contribution in [1.82, 2.24) is 5.32 Å². The van der Waals surface area contributed by atoms with Crippen LogP contribution in [0.3, 0.4) is 0 Å². The van der Waals surface area contributed by atoms with Crippen LogP contribution in [0.1, 0.15) is 15.9 Å². The Labute approximate surface area is 116 Å². The Kier molecular flexibility index (Phi) is 4.83. The molecule has 3 nitrogen and oxygen atoms in total. The molecule has 1 aromatic rings. The van der Waals surface area contributed by atoms with Gasteiger partial charge in [-0.2, -0.15) is 23.5 Å². The zero-order chi connectivity index (χ0) is 13.0. The lowest BCUT2D eigenvalue weighted by Crippen LogP contribution is -2.33. The summed E-state index contributed by atoms with van der Waals surface area (Å²) in [5, 5.41) is 3.56. The van der Waals surface area contributed by atoms with E-state index in [2.05, 4.69) is 5.32 Å². The first-order chi connectivity index (χ1) is 8.66. The summed E-state index contributed by atoms with van der Waals surface area (Å²) < 4.78 is 0. The fraction of sp³-hybridized carbons (Fsp3) is 0.462. The van der Waals surface area contributed by atoms with E-state index in [0.717, 1.165) is 23.4 Å². The second-order valence-corrected chi connectivity index (χ2v) is 6.91. The van der Waals surface area contributed by atoms with Gasteiger partial charge in [-0.05, 0) is 30.7 Å². The van der Waals surface area contributed by atoms with Gasteiger partial charge in [0.1, 0.15) is 0 Å². The molecule has 5 heteroatoms. The van der Waals surface area contributed by atoms with Crippen molar-refractivity contribution in [2.24, 2.45) is 0 Å². The van der Waals surface area contributed by atoms with E-state index in [1.807, 2.05) is 36.5 Å². The summed E-state index contributed by atoms with van der Waals surface area (Å²) in [6, 6.07) is 5.40. The Bertz CT molecular complexity index is 431. The Hall–Kier alpha value is -0.810. The Morgan fingerprint density at radius 3 is 3.00 bits per heavy atom. The van der Waals surface area contributed by atoms with Gasteiger partial charge in [-0.25, -0.2) is 0 Å². The highest BCUT2D eigenvalue weighted by Crippen LogP contribution is 2.23. The SMILES string of the molecule is Cc1cc(N)ccc1C(=O)NCC1CSCCS1. The molecule has 1 aliphatic heterocycles. The van der Waals surface area contributed by atoms with E-state index in [4.69, 9.17) is 5.73 Å². The zero-order valence-corrected chi connectivity index (χ0v) is 12.1. The molecule has 0 spiro atoms. The summed E-state index contributed by atoms with van der Waals surface area (Å²) in [6.07, 6.45) is 0. The first kappa shape index (κ1) is 13.6. The van der Waals surface area contributed by atoms with Crippen LogP contribution < -0.4 is 11.1 Å². The first-order valence-electron chi connectivity index (χ1n) is 6.00. The van der Waals surface area contributed by atoms with Crippen LogP contribution in [0.2, 0.25) is 0 Å². The molecule has 1 aromatic carbocycles. The molecule has 0 aromatic heterocycles. The number of hydrogen-bond donors (Lipinski definition) is 2. The number of anilines is 1. The lowest BCUT2D eigenvalue weighted by molar-refractivity contribution is 0.0953. The molecule has 98 valence electrons. The number of benzene rings is 1. The first-order valence-corrected chi connectivity index (χ1v) is 8.21. The third kappa shape index (κ3) is 3.59. The minimum atomic E-state index is 0.00340. The molecule has 1 amide bonds. The molecule has 1 unspecified atom stereocenters. The average Bonchev–Trinajstić information content (AvgIpc) is 2.37. The topological polar surface area (TPSA) is 55.1 Å². The Morgan fingerprint density at radius 1 is 1.50 bits per heavy atom. The number of nitrogen functional groups attached to an aromatic ring is 1. The van der Waals surface area contributed by atoms with Crippen molar-refractivity contribution >= 4 is 35.1 Å². The predicted octanol–water partition coefficient (Wildman–Crippen LogP) is 2.16. The fourth-order valence-electron chi connectivity index (χ4n) is 1.90. The third-order valence-electron chi connectivity index (χ3n) is 2.87. The number of thioether (sulfide) groups is 2. The normalized spacial score (nSPS) is 19.5. The van der Waals surface area contributed by atoms with Gasteiger partial charge in [0.05, 0.1) is 0 Å². The predicted molar refractivity (Wildman–Crippen MR) is 81.5 cm³/mol. The van der Waals surface area contributed by atoms with Crippen molar-refractivity contribution in [3.63, 3.8) is 0 Å². The fourth-order valence-corrected chi connectivity index (χ4v) is 4.51.